The van der Waals surface area contributed by atoms with Gasteiger partial charge < -0.3 is 9.64 Å². The molecule has 0 radical (unpaired) electrons. The number of pyridine rings is 1. The Morgan fingerprint density at radius 3 is 2.65 bits per heavy atom. The molecule has 3 rings (SSSR count). The number of rotatable bonds is 3. The van der Waals surface area contributed by atoms with Gasteiger partial charge in [-0.15, -0.1) is 0 Å². The summed E-state index contributed by atoms with van der Waals surface area (Å²) in [6, 6.07) is 6.12. The van der Waals surface area contributed by atoms with E-state index in [1.165, 1.54) is 0 Å². The number of H-pyrrole nitrogens is 1. The first kappa shape index (κ1) is 18.8. The number of esters is 1. The second-order valence-electron chi connectivity index (χ2n) is 6.24. The Kier molecular flexibility index (Phi) is 5.27. The lowest BCUT2D eigenvalue weighted by Crippen LogP contribution is -2.37. The summed E-state index contributed by atoms with van der Waals surface area (Å²) in [5.74, 6) is -0.448. The topological polar surface area (TPSA) is 43.7 Å². The number of hydrogen-bond donors (Lipinski definition) is 0. The zero-order valence-corrected chi connectivity index (χ0v) is 15.0. The van der Waals surface area contributed by atoms with E-state index in [9.17, 15) is 18.0 Å². The van der Waals surface area contributed by atoms with Crippen molar-refractivity contribution in [2.45, 2.75) is 25.9 Å². The van der Waals surface area contributed by atoms with Gasteiger partial charge in [-0.05, 0) is 31.9 Å². The summed E-state index contributed by atoms with van der Waals surface area (Å²) in [4.78, 5) is 16.1. The largest absolute Gasteiger partial charge is 0.477 e. The molecule has 0 spiro atoms. The SMILES string of the molecule is CCOC(=O)C1CCN(c2cc(C(F)(F)F)[nH+]c3c(Cl)cccc23)CC1. The van der Waals surface area contributed by atoms with E-state index in [4.69, 9.17) is 16.3 Å². The number of halogens is 4. The van der Waals surface area contributed by atoms with Crippen LogP contribution in [0.1, 0.15) is 25.5 Å². The molecule has 1 aromatic carbocycles. The van der Waals surface area contributed by atoms with Crippen LogP contribution in [0.5, 0.6) is 0 Å². The zero-order valence-electron chi connectivity index (χ0n) is 14.2. The van der Waals surface area contributed by atoms with E-state index < -0.39 is 11.9 Å². The molecule has 4 nitrogen and oxygen atoms in total. The van der Waals surface area contributed by atoms with Crippen molar-refractivity contribution in [3.63, 3.8) is 0 Å². The predicted molar refractivity (Wildman–Crippen MR) is 92.1 cm³/mol. The van der Waals surface area contributed by atoms with Gasteiger partial charge >= 0.3 is 12.1 Å². The molecule has 1 saturated heterocycles. The molecule has 1 aromatic heterocycles. The maximum Gasteiger partial charge on any atom is 0.477 e. The van der Waals surface area contributed by atoms with Crippen LogP contribution in [-0.2, 0) is 15.7 Å². The Balaban J connectivity index is 1.95. The minimum absolute atomic E-state index is 0.210. The van der Waals surface area contributed by atoms with Crippen LogP contribution in [0.3, 0.4) is 0 Å². The van der Waals surface area contributed by atoms with Crippen molar-refractivity contribution >= 4 is 34.2 Å². The molecule has 2 heterocycles. The second-order valence-corrected chi connectivity index (χ2v) is 6.65. The van der Waals surface area contributed by atoms with Crippen molar-refractivity contribution < 1.29 is 27.7 Å². The lowest BCUT2D eigenvalue weighted by Gasteiger charge is -2.33. The smallest absolute Gasteiger partial charge is 0.466 e. The fourth-order valence-electron chi connectivity index (χ4n) is 3.28. The minimum Gasteiger partial charge on any atom is -0.466 e. The summed E-state index contributed by atoms with van der Waals surface area (Å²) in [5.41, 5.74) is -0.122. The molecule has 2 aromatic rings. The summed E-state index contributed by atoms with van der Waals surface area (Å²) in [6.45, 7) is 3.03. The van der Waals surface area contributed by atoms with E-state index in [1.807, 2.05) is 4.90 Å². The Hall–Kier alpha value is -2.02. The summed E-state index contributed by atoms with van der Waals surface area (Å²) in [5, 5.41) is 0.858. The minimum atomic E-state index is -4.51. The van der Waals surface area contributed by atoms with Crippen molar-refractivity contribution in [2.24, 2.45) is 5.92 Å². The molecule has 0 bridgehead atoms. The lowest BCUT2D eigenvalue weighted by atomic mass is 9.96. The van der Waals surface area contributed by atoms with Crippen LogP contribution >= 0.6 is 11.6 Å². The van der Waals surface area contributed by atoms with Gasteiger partial charge in [0.1, 0.15) is 5.02 Å². The summed E-state index contributed by atoms with van der Waals surface area (Å²) in [7, 11) is 0. The maximum atomic E-state index is 13.3. The number of carbonyl (C=O) groups excluding carboxylic acids is 1. The van der Waals surface area contributed by atoms with Crippen LogP contribution in [0, 0.1) is 5.92 Å². The van der Waals surface area contributed by atoms with Crippen LogP contribution < -0.4 is 9.88 Å². The summed E-state index contributed by atoms with van der Waals surface area (Å²) in [6.07, 6.45) is -3.42. The van der Waals surface area contributed by atoms with E-state index in [0.717, 1.165) is 6.07 Å². The molecule has 0 atom stereocenters. The molecular weight excluding hydrogens is 369 g/mol. The zero-order chi connectivity index (χ0) is 18.9. The average molecular weight is 388 g/mol. The Bertz CT molecular complexity index is 818. The van der Waals surface area contributed by atoms with Crippen molar-refractivity contribution in [3.8, 4) is 0 Å². The number of benzene rings is 1. The first-order valence-corrected chi connectivity index (χ1v) is 8.82. The molecule has 0 aliphatic carbocycles. The fraction of sp³-hybridized carbons (Fsp3) is 0.444. The number of nitrogens with zero attached hydrogens (tertiary/aromatic N) is 1. The van der Waals surface area contributed by atoms with Crippen LogP contribution in [-0.4, -0.2) is 25.7 Å². The molecule has 1 fully saturated rings. The molecule has 1 N–H and O–H groups in total. The summed E-state index contributed by atoms with van der Waals surface area (Å²) < 4.78 is 44.9. The Morgan fingerprint density at radius 1 is 1.35 bits per heavy atom. The third-order valence-corrected chi connectivity index (χ3v) is 4.91. The maximum absolute atomic E-state index is 13.3. The number of ether oxygens (including phenoxy) is 1. The van der Waals surface area contributed by atoms with E-state index >= 15 is 0 Å². The molecule has 0 amide bonds. The molecule has 0 unspecified atom stereocenters. The Labute approximate surface area is 153 Å². The van der Waals surface area contributed by atoms with Crippen molar-refractivity contribution in [1.82, 2.24) is 0 Å². The highest BCUT2D eigenvalue weighted by Crippen LogP contribution is 2.36. The number of para-hydroxylation sites is 1. The third-order valence-electron chi connectivity index (χ3n) is 4.59. The van der Waals surface area contributed by atoms with Gasteiger partial charge in [-0.2, -0.15) is 18.2 Å². The first-order chi connectivity index (χ1) is 12.3. The van der Waals surface area contributed by atoms with Gasteiger partial charge in [0.05, 0.1) is 23.6 Å². The van der Waals surface area contributed by atoms with E-state index in [-0.39, 0.29) is 22.4 Å². The number of fused-ring (bicyclic) bond motifs is 1. The number of piperidine rings is 1. The third kappa shape index (κ3) is 3.72. The molecule has 1 aliphatic heterocycles. The van der Waals surface area contributed by atoms with Crippen LogP contribution in [0.2, 0.25) is 5.02 Å². The summed E-state index contributed by atoms with van der Waals surface area (Å²) >= 11 is 6.11. The number of carbonyl (C=O) groups is 1. The molecule has 8 heteroatoms. The van der Waals surface area contributed by atoms with Gasteiger partial charge in [0.15, 0.2) is 0 Å². The molecule has 26 heavy (non-hydrogen) atoms. The van der Waals surface area contributed by atoms with E-state index in [0.29, 0.717) is 43.6 Å². The molecule has 1 aliphatic rings. The monoisotopic (exact) mass is 387 g/mol. The second kappa shape index (κ2) is 7.31. The quantitative estimate of drug-likeness (QED) is 0.744. The number of nitrogens with one attached hydrogen (secondary N) is 1. The number of anilines is 1. The van der Waals surface area contributed by atoms with Gasteiger partial charge in [0.25, 0.3) is 5.69 Å². The highest BCUT2D eigenvalue weighted by molar-refractivity contribution is 6.34. The highest BCUT2D eigenvalue weighted by Gasteiger charge is 2.40. The standard InChI is InChI=1S/C18H18ClF3N2O2/c1-2-26-17(25)11-6-8-24(9-7-11)14-10-15(18(20,21)22)23-16-12(14)4-3-5-13(16)19/h3-5,10-11H,2,6-9H2,1H3/p+1. The molecule has 0 saturated carbocycles. The Morgan fingerprint density at radius 2 is 2.04 bits per heavy atom. The lowest BCUT2D eigenvalue weighted by molar-refractivity contribution is -0.398. The van der Waals surface area contributed by atoms with Crippen LogP contribution in [0.25, 0.3) is 10.9 Å². The van der Waals surface area contributed by atoms with Gasteiger partial charge in [-0.1, -0.05) is 17.7 Å². The van der Waals surface area contributed by atoms with Crippen LogP contribution in [0.4, 0.5) is 18.9 Å². The fourth-order valence-corrected chi connectivity index (χ4v) is 3.50. The van der Waals surface area contributed by atoms with Crippen LogP contribution in [0.15, 0.2) is 24.3 Å². The molecule has 140 valence electrons. The van der Waals surface area contributed by atoms with Crippen molar-refractivity contribution in [3.05, 3.63) is 35.0 Å². The van der Waals surface area contributed by atoms with Gasteiger partial charge in [0.2, 0.25) is 5.52 Å². The average Bonchev–Trinajstić information content (AvgIpc) is 2.61. The predicted octanol–water partition coefficient (Wildman–Crippen LogP) is 4.11. The van der Waals surface area contributed by atoms with Gasteiger partial charge in [0, 0.05) is 19.2 Å². The number of aromatic amines is 1. The van der Waals surface area contributed by atoms with Crippen molar-refractivity contribution in [1.29, 1.82) is 0 Å². The first-order valence-electron chi connectivity index (χ1n) is 8.44. The van der Waals surface area contributed by atoms with E-state index in [1.54, 1.807) is 25.1 Å². The number of hydrogen-bond acceptors (Lipinski definition) is 3. The number of aromatic nitrogens is 1. The highest BCUT2D eigenvalue weighted by atomic mass is 35.5. The molecular formula is C18H19ClF3N2O2+. The number of alkyl halides is 3. The van der Waals surface area contributed by atoms with Gasteiger partial charge in [-0.3, -0.25) is 4.79 Å². The van der Waals surface area contributed by atoms with E-state index in [2.05, 4.69) is 4.98 Å². The van der Waals surface area contributed by atoms with Crippen molar-refractivity contribution in [2.75, 3.05) is 24.6 Å². The normalized spacial score (nSPS) is 16.1. The van der Waals surface area contributed by atoms with Gasteiger partial charge in [-0.25, -0.2) is 0 Å².